The SMILES string of the molecule is COc1ccccc1C(CNS(=O)(=O)c1c(C)c(C)cc(C)c1C)OC. The van der Waals surface area contributed by atoms with Crippen LogP contribution in [0.5, 0.6) is 5.75 Å². The van der Waals surface area contributed by atoms with E-state index in [1.165, 1.54) is 0 Å². The maximum Gasteiger partial charge on any atom is 0.241 e. The van der Waals surface area contributed by atoms with Crippen LogP contribution in [0, 0.1) is 27.7 Å². The fraction of sp³-hybridized carbons (Fsp3) is 0.400. The molecule has 0 bridgehead atoms. The summed E-state index contributed by atoms with van der Waals surface area (Å²) in [7, 11) is -0.535. The minimum Gasteiger partial charge on any atom is -0.496 e. The summed E-state index contributed by atoms with van der Waals surface area (Å²) in [6.07, 6.45) is -0.451. The van der Waals surface area contributed by atoms with E-state index in [0.717, 1.165) is 27.8 Å². The third-order valence-corrected chi connectivity index (χ3v) is 6.49. The predicted molar refractivity (Wildman–Crippen MR) is 103 cm³/mol. The standard InChI is InChI=1S/C20H27NO4S/c1-13-11-14(2)16(4)20(15(13)3)26(22,23)21-12-19(25-6)17-9-7-8-10-18(17)24-5/h7-11,19,21H,12H2,1-6H3. The van der Waals surface area contributed by atoms with Gasteiger partial charge in [-0.25, -0.2) is 13.1 Å². The summed E-state index contributed by atoms with van der Waals surface area (Å²) >= 11 is 0. The number of sulfonamides is 1. The molecular formula is C20H27NO4S. The smallest absolute Gasteiger partial charge is 0.241 e. The van der Waals surface area contributed by atoms with Crippen molar-refractivity contribution in [2.45, 2.75) is 38.7 Å². The van der Waals surface area contributed by atoms with Crippen LogP contribution in [-0.4, -0.2) is 29.2 Å². The molecule has 0 aliphatic heterocycles. The van der Waals surface area contributed by atoms with E-state index in [1.54, 1.807) is 14.2 Å². The molecule has 142 valence electrons. The number of benzene rings is 2. The van der Waals surface area contributed by atoms with Gasteiger partial charge in [0, 0.05) is 19.2 Å². The summed E-state index contributed by atoms with van der Waals surface area (Å²) < 4.78 is 39.5. The molecule has 0 aliphatic rings. The number of aryl methyl sites for hydroxylation is 2. The second-order valence-electron chi connectivity index (χ2n) is 6.41. The molecule has 0 radical (unpaired) electrons. The molecule has 0 saturated carbocycles. The van der Waals surface area contributed by atoms with Crippen LogP contribution in [0.1, 0.15) is 33.9 Å². The number of methoxy groups -OCH3 is 2. The van der Waals surface area contributed by atoms with E-state index in [9.17, 15) is 8.42 Å². The summed E-state index contributed by atoms with van der Waals surface area (Å²) in [4.78, 5) is 0.352. The Kier molecular flexibility index (Phi) is 6.44. The van der Waals surface area contributed by atoms with Gasteiger partial charge in [0.15, 0.2) is 0 Å². The predicted octanol–water partition coefficient (Wildman–Crippen LogP) is 3.59. The Morgan fingerprint density at radius 2 is 1.58 bits per heavy atom. The minimum absolute atomic E-state index is 0.116. The Morgan fingerprint density at radius 3 is 2.12 bits per heavy atom. The number of hydrogen-bond acceptors (Lipinski definition) is 4. The van der Waals surface area contributed by atoms with E-state index in [2.05, 4.69) is 4.72 Å². The quantitative estimate of drug-likeness (QED) is 0.801. The first-order valence-electron chi connectivity index (χ1n) is 8.45. The fourth-order valence-corrected chi connectivity index (χ4v) is 4.74. The van der Waals surface area contributed by atoms with Crippen molar-refractivity contribution in [2.75, 3.05) is 20.8 Å². The summed E-state index contributed by atoms with van der Waals surface area (Å²) in [6.45, 7) is 7.64. The molecule has 5 nitrogen and oxygen atoms in total. The van der Waals surface area contributed by atoms with Gasteiger partial charge in [0.05, 0.1) is 18.1 Å². The highest BCUT2D eigenvalue weighted by Gasteiger charge is 2.24. The topological polar surface area (TPSA) is 64.6 Å². The first kappa shape index (κ1) is 20.4. The van der Waals surface area contributed by atoms with E-state index < -0.39 is 16.1 Å². The Labute approximate surface area is 156 Å². The van der Waals surface area contributed by atoms with Gasteiger partial charge in [-0.2, -0.15) is 0 Å². The van der Waals surface area contributed by atoms with Crippen molar-refractivity contribution in [1.29, 1.82) is 0 Å². The van der Waals surface area contributed by atoms with Crippen LogP contribution >= 0.6 is 0 Å². The maximum atomic E-state index is 13.0. The number of nitrogens with one attached hydrogen (secondary N) is 1. The Balaban J connectivity index is 2.33. The van der Waals surface area contributed by atoms with Gasteiger partial charge in [-0.15, -0.1) is 0 Å². The van der Waals surface area contributed by atoms with Gasteiger partial charge in [-0.3, -0.25) is 0 Å². The highest BCUT2D eigenvalue weighted by molar-refractivity contribution is 7.89. The van der Waals surface area contributed by atoms with Crippen molar-refractivity contribution in [3.63, 3.8) is 0 Å². The lowest BCUT2D eigenvalue weighted by Crippen LogP contribution is -2.30. The second kappa shape index (κ2) is 8.20. The molecule has 26 heavy (non-hydrogen) atoms. The van der Waals surface area contributed by atoms with E-state index in [-0.39, 0.29) is 6.54 Å². The summed E-state index contributed by atoms with van der Waals surface area (Å²) in [6, 6.07) is 9.44. The van der Waals surface area contributed by atoms with Crippen molar-refractivity contribution in [2.24, 2.45) is 0 Å². The molecule has 6 heteroatoms. The average molecular weight is 378 g/mol. The zero-order chi connectivity index (χ0) is 19.5. The van der Waals surface area contributed by atoms with Gasteiger partial charge >= 0.3 is 0 Å². The number of hydrogen-bond donors (Lipinski definition) is 1. The van der Waals surface area contributed by atoms with Gasteiger partial charge in [0.1, 0.15) is 5.75 Å². The summed E-state index contributed by atoms with van der Waals surface area (Å²) in [5.74, 6) is 0.664. The van der Waals surface area contributed by atoms with Gasteiger partial charge in [0.2, 0.25) is 10.0 Å². The Hall–Kier alpha value is -1.89. The number of rotatable bonds is 7. The number of para-hydroxylation sites is 1. The van der Waals surface area contributed by atoms with Crippen LogP contribution in [0.3, 0.4) is 0 Å². The van der Waals surface area contributed by atoms with E-state index in [4.69, 9.17) is 9.47 Å². The van der Waals surface area contributed by atoms with Crippen molar-refractivity contribution in [1.82, 2.24) is 4.72 Å². The van der Waals surface area contributed by atoms with E-state index >= 15 is 0 Å². The summed E-state index contributed by atoms with van der Waals surface area (Å²) in [5, 5.41) is 0. The average Bonchev–Trinajstić information content (AvgIpc) is 2.61. The molecule has 2 aromatic rings. The molecule has 0 saturated heterocycles. The fourth-order valence-electron chi connectivity index (χ4n) is 3.09. The molecule has 2 aromatic carbocycles. The van der Waals surface area contributed by atoms with Crippen LogP contribution in [-0.2, 0) is 14.8 Å². The van der Waals surface area contributed by atoms with Crippen molar-refractivity contribution in [3.05, 3.63) is 58.1 Å². The highest BCUT2D eigenvalue weighted by atomic mass is 32.2. The van der Waals surface area contributed by atoms with Crippen molar-refractivity contribution < 1.29 is 17.9 Å². The Bertz CT molecular complexity index is 865. The number of ether oxygens (including phenoxy) is 2. The molecule has 2 rings (SSSR count). The lowest BCUT2D eigenvalue weighted by molar-refractivity contribution is 0.105. The molecule has 0 fully saturated rings. The third kappa shape index (κ3) is 4.09. The zero-order valence-electron chi connectivity index (χ0n) is 16.2. The third-order valence-electron chi connectivity index (χ3n) is 4.80. The summed E-state index contributed by atoms with van der Waals surface area (Å²) in [5.41, 5.74) is 4.26. The largest absolute Gasteiger partial charge is 0.496 e. The molecule has 0 amide bonds. The van der Waals surface area contributed by atoms with Crippen LogP contribution in [0.4, 0.5) is 0 Å². The van der Waals surface area contributed by atoms with E-state index in [1.807, 2.05) is 58.0 Å². The Morgan fingerprint density at radius 1 is 1.00 bits per heavy atom. The van der Waals surface area contributed by atoms with Crippen LogP contribution in [0.25, 0.3) is 0 Å². The first-order valence-corrected chi connectivity index (χ1v) is 9.94. The van der Waals surface area contributed by atoms with Crippen LogP contribution < -0.4 is 9.46 Å². The van der Waals surface area contributed by atoms with Crippen molar-refractivity contribution in [3.8, 4) is 5.75 Å². The molecule has 1 atom stereocenters. The van der Waals surface area contributed by atoms with Gasteiger partial charge in [0.25, 0.3) is 0 Å². The first-order chi connectivity index (χ1) is 12.2. The minimum atomic E-state index is -3.67. The van der Waals surface area contributed by atoms with Gasteiger partial charge in [-0.05, 0) is 56.0 Å². The molecule has 1 N–H and O–H groups in total. The zero-order valence-corrected chi connectivity index (χ0v) is 17.0. The van der Waals surface area contributed by atoms with Gasteiger partial charge in [-0.1, -0.05) is 24.3 Å². The van der Waals surface area contributed by atoms with E-state index in [0.29, 0.717) is 10.6 Å². The molecule has 0 aliphatic carbocycles. The molecule has 1 unspecified atom stereocenters. The molecular weight excluding hydrogens is 350 g/mol. The van der Waals surface area contributed by atoms with Crippen LogP contribution in [0.2, 0.25) is 0 Å². The van der Waals surface area contributed by atoms with Crippen LogP contribution in [0.15, 0.2) is 35.2 Å². The lowest BCUT2D eigenvalue weighted by atomic mass is 10.0. The normalized spacial score (nSPS) is 12.8. The maximum absolute atomic E-state index is 13.0. The monoisotopic (exact) mass is 377 g/mol. The van der Waals surface area contributed by atoms with Gasteiger partial charge < -0.3 is 9.47 Å². The molecule has 0 aromatic heterocycles. The lowest BCUT2D eigenvalue weighted by Gasteiger charge is -2.21. The molecule has 0 spiro atoms. The molecule has 0 heterocycles. The second-order valence-corrected chi connectivity index (χ2v) is 8.11. The van der Waals surface area contributed by atoms with Crippen molar-refractivity contribution >= 4 is 10.0 Å². The highest BCUT2D eigenvalue weighted by Crippen LogP contribution is 2.29.